The molecule has 2 fully saturated rings. The number of para-hydroxylation sites is 1. The van der Waals surface area contributed by atoms with Gasteiger partial charge in [-0.2, -0.15) is 0 Å². The normalized spacial score (nSPS) is 28.8. The number of benzene rings is 2. The molecule has 2 N–H and O–H groups in total. The van der Waals surface area contributed by atoms with E-state index in [4.69, 9.17) is 9.47 Å². The number of nitrogens with zero attached hydrogens (tertiary/aromatic N) is 1. The van der Waals surface area contributed by atoms with Crippen LogP contribution in [-0.2, 0) is 10.2 Å². The van der Waals surface area contributed by atoms with Gasteiger partial charge in [0.1, 0.15) is 5.92 Å². The van der Waals surface area contributed by atoms with E-state index >= 15 is 0 Å². The monoisotopic (exact) mass is 447 g/mol. The number of amides is 1. The second kappa shape index (κ2) is 9.22. The molecule has 2 saturated heterocycles. The first-order valence-electron chi connectivity index (χ1n) is 12.3. The second-order valence-corrected chi connectivity index (χ2v) is 9.71. The van der Waals surface area contributed by atoms with Gasteiger partial charge in [0.05, 0.1) is 32.2 Å². The van der Waals surface area contributed by atoms with Crippen LogP contribution in [0.15, 0.2) is 61.2 Å². The summed E-state index contributed by atoms with van der Waals surface area (Å²) >= 11 is 0. The van der Waals surface area contributed by atoms with Crippen LogP contribution in [0.25, 0.3) is 0 Å². The van der Waals surface area contributed by atoms with Crippen LogP contribution in [0.5, 0.6) is 11.5 Å². The molecule has 174 valence electrons. The zero-order valence-corrected chi connectivity index (χ0v) is 19.5. The van der Waals surface area contributed by atoms with E-state index in [1.807, 2.05) is 18.2 Å². The highest BCUT2D eigenvalue weighted by atomic mass is 16.5. The van der Waals surface area contributed by atoms with Gasteiger partial charge in [0, 0.05) is 18.2 Å². The molecule has 5 nitrogen and oxygen atoms in total. The van der Waals surface area contributed by atoms with E-state index in [1.54, 1.807) is 7.11 Å². The fourth-order valence-electron chi connectivity index (χ4n) is 6.46. The topological polar surface area (TPSA) is 55.4 Å². The Morgan fingerprint density at radius 2 is 2.12 bits per heavy atom. The van der Waals surface area contributed by atoms with E-state index in [-0.39, 0.29) is 17.4 Å². The minimum Gasteiger partial charge on any atom is -0.493 e. The van der Waals surface area contributed by atoms with E-state index in [0.29, 0.717) is 18.4 Å². The molecule has 33 heavy (non-hydrogen) atoms. The Bertz CT molecular complexity index is 1010. The zero-order valence-electron chi connectivity index (χ0n) is 19.5. The number of nitrogens with two attached hydrogens (primary N) is 1. The summed E-state index contributed by atoms with van der Waals surface area (Å²) in [7, 11) is 1.68. The number of rotatable bonds is 5. The first-order chi connectivity index (χ1) is 16.2. The van der Waals surface area contributed by atoms with Gasteiger partial charge in [-0.25, -0.2) is 0 Å². The van der Waals surface area contributed by atoms with Crippen molar-refractivity contribution in [1.82, 2.24) is 4.90 Å². The number of hydrogen-bond acceptors (Lipinski definition) is 3. The molecule has 0 aromatic heterocycles. The molecule has 4 atom stereocenters. The van der Waals surface area contributed by atoms with Crippen molar-refractivity contribution in [2.45, 2.75) is 43.1 Å². The van der Waals surface area contributed by atoms with Gasteiger partial charge < -0.3 is 19.7 Å². The van der Waals surface area contributed by atoms with Crippen molar-refractivity contribution >= 4 is 5.91 Å². The lowest BCUT2D eigenvalue weighted by atomic mass is 9.68. The molecular weight excluding hydrogens is 412 g/mol. The molecule has 2 unspecified atom stereocenters. The lowest BCUT2D eigenvalue weighted by molar-refractivity contribution is -0.640. The van der Waals surface area contributed by atoms with Crippen LogP contribution in [0, 0.1) is 5.92 Å². The van der Waals surface area contributed by atoms with Gasteiger partial charge in [-0.15, -0.1) is 6.58 Å². The van der Waals surface area contributed by atoms with Gasteiger partial charge in [0.15, 0.2) is 11.5 Å². The van der Waals surface area contributed by atoms with E-state index < -0.39 is 0 Å². The molecule has 1 amide bonds. The highest BCUT2D eigenvalue weighted by Gasteiger charge is 2.55. The summed E-state index contributed by atoms with van der Waals surface area (Å²) in [5.41, 5.74) is 2.32. The van der Waals surface area contributed by atoms with Crippen molar-refractivity contribution in [2.24, 2.45) is 5.92 Å². The minimum atomic E-state index is -0.200. The predicted octanol–water partition coefficient (Wildman–Crippen LogP) is 3.26. The Balaban J connectivity index is 1.43. The van der Waals surface area contributed by atoms with Crippen LogP contribution in [0.3, 0.4) is 0 Å². The van der Waals surface area contributed by atoms with Crippen LogP contribution in [-0.4, -0.2) is 50.2 Å². The van der Waals surface area contributed by atoms with Gasteiger partial charge >= 0.3 is 0 Å². The van der Waals surface area contributed by atoms with E-state index in [1.165, 1.54) is 5.56 Å². The van der Waals surface area contributed by atoms with Crippen molar-refractivity contribution < 1.29 is 19.6 Å². The van der Waals surface area contributed by atoms with Crippen LogP contribution >= 0.6 is 0 Å². The third kappa shape index (κ3) is 3.82. The second-order valence-electron chi connectivity index (χ2n) is 9.71. The van der Waals surface area contributed by atoms with Gasteiger partial charge in [-0.3, -0.25) is 4.79 Å². The Kier molecular flexibility index (Phi) is 6.15. The average Bonchev–Trinajstić information content (AvgIpc) is 3.28. The fraction of sp³-hybridized carbons (Fsp3) is 0.464. The van der Waals surface area contributed by atoms with Crippen molar-refractivity contribution in [3.8, 4) is 11.5 Å². The molecule has 2 aromatic carbocycles. The number of carbonyl (C=O) groups excluding carboxylic acids is 1. The molecule has 0 saturated carbocycles. The SMILES string of the molecule is C=CCC1CC(c2ccccc2)CCN1C(=O)[C@@H]1C[NH2+]C[C@]12CCOc1c(OC)cccc12. The number of ether oxygens (including phenoxy) is 2. The minimum absolute atomic E-state index is 0.0483. The van der Waals surface area contributed by atoms with Crippen LogP contribution in [0.4, 0.5) is 0 Å². The average molecular weight is 448 g/mol. The summed E-state index contributed by atoms with van der Waals surface area (Å²) in [6, 6.07) is 17.1. The fourth-order valence-corrected chi connectivity index (χ4v) is 6.46. The molecule has 5 heteroatoms. The first kappa shape index (κ1) is 22.0. The number of hydrogen-bond donors (Lipinski definition) is 1. The number of piperidine rings is 1. The molecule has 3 heterocycles. The molecule has 1 spiro atoms. The Morgan fingerprint density at radius 3 is 2.91 bits per heavy atom. The molecule has 0 radical (unpaired) electrons. The Labute approximate surface area is 196 Å². The number of fused-ring (bicyclic) bond motifs is 2. The number of quaternary nitrogens is 1. The summed E-state index contributed by atoms with van der Waals surface area (Å²) in [6.45, 7) is 7.18. The lowest BCUT2D eigenvalue weighted by Gasteiger charge is -2.43. The van der Waals surface area contributed by atoms with Crippen LogP contribution in [0.1, 0.15) is 42.7 Å². The molecule has 5 rings (SSSR count). The van der Waals surface area contributed by atoms with Crippen molar-refractivity contribution in [1.29, 1.82) is 0 Å². The first-order valence-corrected chi connectivity index (χ1v) is 12.3. The van der Waals surface area contributed by atoms with Crippen LogP contribution < -0.4 is 14.8 Å². The maximum absolute atomic E-state index is 14.2. The number of likely N-dealkylation sites (tertiary alicyclic amines) is 1. The van der Waals surface area contributed by atoms with Gasteiger partial charge in [-0.05, 0) is 43.2 Å². The largest absolute Gasteiger partial charge is 0.493 e. The molecular formula is C28H35N2O3+. The van der Waals surface area contributed by atoms with E-state index in [2.05, 4.69) is 53.2 Å². The van der Waals surface area contributed by atoms with E-state index in [0.717, 1.165) is 62.4 Å². The third-order valence-electron chi connectivity index (χ3n) is 8.11. The number of carbonyl (C=O) groups is 1. The number of methoxy groups -OCH3 is 1. The Morgan fingerprint density at radius 1 is 1.27 bits per heavy atom. The summed E-state index contributed by atoms with van der Waals surface area (Å²) in [4.78, 5) is 16.3. The molecule has 0 bridgehead atoms. The highest BCUT2D eigenvalue weighted by Crippen LogP contribution is 2.49. The smallest absolute Gasteiger partial charge is 0.232 e. The van der Waals surface area contributed by atoms with Crippen molar-refractivity contribution in [2.75, 3.05) is 33.4 Å². The van der Waals surface area contributed by atoms with Gasteiger partial charge in [0.2, 0.25) is 5.91 Å². The summed E-state index contributed by atoms with van der Waals surface area (Å²) in [6.07, 6.45) is 5.70. The maximum Gasteiger partial charge on any atom is 0.232 e. The Hall–Kier alpha value is -2.79. The summed E-state index contributed by atoms with van der Waals surface area (Å²) < 4.78 is 11.6. The molecule has 3 aliphatic rings. The predicted molar refractivity (Wildman–Crippen MR) is 129 cm³/mol. The molecule has 3 aliphatic heterocycles. The van der Waals surface area contributed by atoms with Crippen molar-refractivity contribution in [3.63, 3.8) is 0 Å². The molecule has 2 aromatic rings. The lowest BCUT2D eigenvalue weighted by Crippen LogP contribution is -2.82. The zero-order chi connectivity index (χ0) is 22.8. The highest BCUT2D eigenvalue weighted by molar-refractivity contribution is 5.82. The quantitative estimate of drug-likeness (QED) is 0.716. The third-order valence-corrected chi connectivity index (χ3v) is 8.11. The summed E-state index contributed by atoms with van der Waals surface area (Å²) in [5, 5.41) is 2.32. The van der Waals surface area contributed by atoms with Gasteiger partial charge in [-0.1, -0.05) is 48.5 Å². The molecule has 0 aliphatic carbocycles. The van der Waals surface area contributed by atoms with Crippen LogP contribution in [0.2, 0.25) is 0 Å². The summed E-state index contributed by atoms with van der Waals surface area (Å²) in [5.74, 6) is 2.34. The maximum atomic E-state index is 14.2. The standard InChI is InChI=1S/C28H34N2O3/c1-3-8-22-17-21(20-9-5-4-6-10-20)13-15-30(22)27(31)24-18-29-19-28(24)14-16-33-26-23(28)11-7-12-25(26)32-2/h3-7,9-12,21-22,24,29H,1,8,13-19H2,2H3/p+1/t21?,22?,24-,28-/m0/s1. The van der Waals surface area contributed by atoms with Crippen molar-refractivity contribution in [3.05, 3.63) is 72.3 Å². The van der Waals surface area contributed by atoms with Gasteiger partial charge in [0.25, 0.3) is 0 Å². The van der Waals surface area contributed by atoms with E-state index in [9.17, 15) is 4.79 Å².